The number of carbonyl (C=O) groups excluding carboxylic acids is 1. The van der Waals surface area contributed by atoms with Crippen LogP contribution in [0.5, 0.6) is 0 Å². The molecule has 9 heteroatoms. The molecule has 0 saturated carbocycles. The number of furan rings is 1. The number of rotatable bonds is 3. The van der Waals surface area contributed by atoms with E-state index in [1.54, 1.807) is 24.0 Å². The van der Waals surface area contributed by atoms with Gasteiger partial charge >= 0.3 is 0 Å². The van der Waals surface area contributed by atoms with Crippen LogP contribution in [0.4, 0.5) is 15.9 Å². The average Bonchev–Trinajstić information content (AvgIpc) is 3.14. The van der Waals surface area contributed by atoms with Crippen LogP contribution < -0.4 is 9.80 Å². The van der Waals surface area contributed by atoms with Crippen LogP contribution in [0.25, 0.3) is 11.1 Å². The third-order valence-electron chi connectivity index (χ3n) is 6.10. The van der Waals surface area contributed by atoms with Crippen LogP contribution in [0.1, 0.15) is 21.9 Å². The predicted molar refractivity (Wildman–Crippen MR) is 119 cm³/mol. The summed E-state index contributed by atoms with van der Waals surface area (Å²) in [7, 11) is 0. The lowest BCUT2D eigenvalue weighted by atomic mass is 10.1. The second kappa shape index (κ2) is 8.38. The number of anilines is 2. The number of hydrogen-bond acceptors (Lipinski definition) is 7. The first-order chi connectivity index (χ1) is 15.5. The molecule has 2 aromatic heterocycles. The number of ether oxygens (including phenoxy) is 1. The number of morpholine rings is 1. The molecule has 32 heavy (non-hydrogen) atoms. The van der Waals surface area contributed by atoms with Crippen LogP contribution in [0.3, 0.4) is 0 Å². The fraction of sp³-hybridized carbons (Fsp3) is 0.435. The van der Waals surface area contributed by atoms with E-state index >= 15 is 0 Å². The predicted octanol–water partition coefficient (Wildman–Crippen LogP) is 2.78. The number of aryl methyl sites for hydroxylation is 2. The molecule has 0 unspecified atom stereocenters. The minimum Gasteiger partial charge on any atom is -0.442 e. The second-order valence-corrected chi connectivity index (χ2v) is 8.14. The molecule has 2 saturated heterocycles. The van der Waals surface area contributed by atoms with Crippen LogP contribution in [0, 0.1) is 19.7 Å². The van der Waals surface area contributed by atoms with Gasteiger partial charge in [0.15, 0.2) is 0 Å². The van der Waals surface area contributed by atoms with E-state index in [1.807, 2.05) is 17.9 Å². The summed E-state index contributed by atoms with van der Waals surface area (Å²) in [6.45, 7) is 8.37. The molecular weight excluding hydrogens is 413 g/mol. The molecule has 0 atom stereocenters. The number of halogens is 1. The number of hydrogen-bond donors (Lipinski definition) is 0. The van der Waals surface area contributed by atoms with Crippen LogP contribution >= 0.6 is 0 Å². The third kappa shape index (κ3) is 3.66. The van der Waals surface area contributed by atoms with Crippen molar-refractivity contribution in [1.82, 2.24) is 14.9 Å². The number of aromatic nitrogens is 2. The zero-order valence-corrected chi connectivity index (χ0v) is 18.3. The Morgan fingerprint density at radius 1 is 0.969 bits per heavy atom. The fourth-order valence-electron chi connectivity index (χ4n) is 4.48. The van der Waals surface area contributed by atoms with Crippen molar-refractivity contribution in [3.05, 3.63) is 47.2 Å². The minimum atomic E-state index is -0.244. The smallest absolute Gasteiger partial charge is 0.258 e. The Labute approximate surface area is 185 Å². The van der Waals surface area contributed by atoms with E-state index in [0.29, 0.717) is 86.4 Å². The van der Waals surface area contributed by atoms with Gasteiger partial charge in [0.2, 0.25) is 5.71 Å². The van der Waals surface area contributed by atoms with Gasteiger partial charge < -0.3 is 23.9 Å². The zero-order chi connectivity index (χ0) is 22.2. The Kier molecular flexibility index (Phi) is 5.42. The Morgan fingerprint density at radius 3 is 2.41 bits per heavy atom. The van der Waals surface area contributed by atoms with Crippen molar-refractivity contribution in [2.45, 2.75) is 13.8 Å². The van der Waals surface area contributed by atoms with Crippen LogP contribution in [-0.2, 0) is 4.74 Å². The standard InChI is InChI=1S/C23H26FN5O3/c1-15-19(20-21(28-11-13-31-14-12-28)25-16(2)26-22(20)32-15)23(30)29-9-7-27(8-10-29)18-6-4-3-5-17(18)24/h3-6H,7-14H2,1-2H3. The number of benzene rings is 1. The van der Waals surface area contributed by atoms with Crippen molar-refractivity contribution in [2.24, 2.45) is 0 Å². The highest BCUT2D eigenvalue weighted by Gasteiger charge is 2.31. The van der Waals surface area contributed by atoms with Gasteiger partial charge in [-0.3, -0.25) is 4.79 Å². The number of amides is 1. The van der Waals surface area contributed by atoms with Crippen LogP contribution in [0.2, 0.25) is 0 Å². The first-order valence-electron chi connectivity index (χ1n) is 10.9. The summed E-state index contributed by atoms with van der Waals surface area (Å²) in [6, 6.07) is 6.74. The highest BCUT2D eigenvalue weighted by Crippen LogP contribution is 2.33. The van der Waals surface area contributed by atoms with Gasteiger partial charge in [0, 0.05) is 39.3 Å². The lowest BCUT2D eigenvalue weighted by Crippen LogP contribution is -2.49. The van der Waals surface area contributed by atoms with Gasteiger partial charge in [-0.2, -0.15) is 4.98 Å². The van der Waals surface area contributed by atoms with E-state index in [-0.39, 0.29) is 11.7 Å². The van der Waals surface area contributed by atoms with Crippen molar-refractivity contribution in [3.8, 4) is 0 Å². The lowest BCUT2D eigenvalue weighted by molar-refractivity contribution is 0.0746. The summed E-state index contributed by atoms with van der Waals surface area (Å²) in [6.07, 6.45) is 0. The molecule has 0 bridgehead atoms. The molecule has 2 aliphatic heterocycles. The summed E-state index contributed by atoms with van der Waals surface area (Å²) in [5.74, 6) is 1.52. The van der Waals surface area contributed by atoms with Crippen molar-refractivity contribution < 1.29 is 18.3 Å². The molecule has 4 heterocycles. The number of carbonyl (C=O) groups is 1. The molecule has 5 rings (SSSR count). The van der Waals surface area contributed by atoms with Gasteiger partial charge in [-0.1, -0.05) is 12.1 Å². The summed E-state index contributed by atoms with van der Waals surface area (Å²) in [5, 5.41) is 0.663. The molecule has 1 aromatic carbocycles. The Bertz CT molecular complexity index is 1150. The van der Waals surface area contributed by atoms with Crippen molar-refractivity contribution in [2.75, 3.05) is 62.3 Å². The van der Waals surface area contributed by atoms with Gasteiger partial charge in [0.1, 0.15) is 23.2 Å². The van der Waals surface area contributed by atoms with Crippen LogP contribution in [-0.4, -0.2) is 73.3 Å². The first-order valence-corrected chi connectivity index (χ1v) is 10.9. The monoisotopic (exact) mass is 439 g/mol. The van der Waals surface area contributed by atoms with Crippen molar-refractivity contribution in [1.29, 1.82) is 0 Å². The summed E-state index contributed by atoms with van der Waals surface area (Å²) in [5.41, 5.74) is 1.52. The third-order valence-corrected chi connectivity index (χ3v) is 6.10. The first kappa shape index (κ1) is 20.7. The highest BCUT2D eigenvalue weighted by molar-refractivity contribution is 6.10. The Hall–Kier alpha value is -3.20. The molecule has 2 fully saturated rings. The number of para-hydroxylation sites is 1. The summed E-state index contributed by atoms with van der Waals surface area (Å²) < 4.78 is 25.6. The molecule has 0 spiro atoms. The fourth-order valence-corrected chi connectivity index (χ4v) is 4.48. The second-order valence-electron chi connectivity index (χ2n) is 8.14. The molecular formula is C23H26FN5O3. The van der Waals surface area contributed by atoms with Gasteiger partial charge in [-0.25, -0.2) is 9.37 Å². The number of fused-ring (bicyclic) bond motifs is 1. The maximum Gasteiger partial charge on any atom is 0.258 e. The Balaban J connectivity index is 1.44. The SMILES string of the molecule is Cc1nc(N2CCOCC2)c2c(C(=O)N3CCN(c4ccccc4F)CC3)c(C)oc2n1. The van der Waals surface area contributed by atoms with Gasteiger partial charge in [-0.15, -0.1) is 0 Å². The van der Waals surface area contributed by atoms with Crippen molar-refractivity contribution in [3.63, 3.8) is 0 Å². The quantitative estimate of drug-likeness (QED) is 0.621. The largest absolute Gasteiger partial charge is 0.442 e. The van der Waals surface area contributed by atoms with E-state index < -0.39 is 0 Å². The van der Waals surface area contributed by atoms with E-state index in [1.165, 1.54) is 6.07 Å². The molecule has 168 valence electrons. The highest BCUT2D eigenvalue weighted by atomic mass is 19.1. The summed E-state index contributed by atoms with van der Waals surface area (Å²) in [4.78, 5) is 28.6. The van der Waals surface area contributed by atoms with Gasteiger partial charge in [-0.05, 0) is 26.0 Å². The normalized spacial score (nSPS) is 17.3. The minimum absolute atomic E-state index is 0.101. The van der Waals surface area contributed by atoms with E-state index in [9.17, 15) is 9.18 Å². The topological polar surface area (TPSA) is 74.9 Å². The van der Waals surface area contributed by atoms with Crippen LogP contribution in [0.15, 0.2) is 28.7 Å². The lowest BCUT2D eigenvalue weighted by Gasteiger charge is -2.36. The molecule has 3 aromatic rings. The molecule has 1 amide bonds. The van der Waals surface area contributed by atoms with Crippen molar-refractivity contribution >= 4 is 28.5 Å². The maximum atomic E-state index is 14.2. The molecule has 8 nitrogen and oxygen atoms in total. The molecule has 2 aliphatic rings. The number of piperazine rings is 1. The average molecular weight is 439 g/mol. The molecule has 0 radical (unpaired) electrons. The van der Waals surface area contributed by atoms with Gasteiger partial charge in [0.05, 0.1) is 29.9 Å². The molecule has 0 N–H and O–H groups in total. The molecule has 0 aliphatic carbocycles. The Morgan fingerprint density at radius 2 is 1.69 bits per heavy atom. The number of nitrogens with zero attached hydrogens (tertiary/aromatic N) is 5. The zero-order valence-electron chi connectivity index (χ0n) is 18.3. The van der Waals surface area contributed by atoms with E-state index in [2.05, 4.69) is 14.9 Å². The van der Waals surface area contributed by atoms with E-state index in [0.717, 1.165) is 5.82 Å². The van der Waals surface area contributed by atoms with E-state index in [4.69, 9.17) is 9.15 Å². The summed E-state index contributed by atoms with van der Waals surface area (Å²) >= 11 is 0. The maximum absolute atomic E-state index is 14.2. The van der Waals surface area contributed by atoms with Gasteiger partial charge in [0.25, 0.3) is 5.91 Å².